The highest BCUT2D eigenvalue weighted by atomic mass is 16.5. The number of allylic oxidation sites excluding steroid dienone is 1. The molecule has 1 aliphatic heterocycles. The number of benzene rings is 2. The van der Waals surface area contributed by atoms with Crippen molar-refractivity contribution in [3.05, 3.63) is 59.0 Å². The van der Waals surface area contributed by atoms with Crippen molar-refractivity contribution in [2.75, 3.05) is 20.0 Å². The first-order chi connectivity index (χ1) is 11.6. The van der Waals surface area contributed by atoms with Crippen LogP contribution in [0.25, 0.3) is 0 Å². The van der Waals surface area contributed by atoms with Crippen LogP contribution in [0.5, 0.6) is 17.2 Å². The zero-order valence-corrected chi connectivity index (χ0v) is 13.4. The van der Waals surface area contributed by atoms with Crippen molar-refractivity contribution in [1.82, 2.24) is 0 Å². The van der Waals surface area contributed by atoms with Gasteiger partial charge in [0, 0.05) is 17.3 Å². The van der Waals surface area contributed by atoms with E-state index in [0.717, 1.165) is 11.1 Å². The van der Waals surface area contributed by atoms with Gasteiger partial charge in [-0.1, -0.05) is 12.1 Å². The Morgan fingerprint density at radius 3 is 2.46 bits per heavy atom. The second kappa shape index (κ2) is 6.05. The van der Waals surface area contributed by atoms with Crippen LogP contribution in [0.2, 0.25) is 0 Å². The number of hydrogen-bond acceptors (Lipinski definition) is 6. The van der Waals surface area contributed by atoms with Gasteiger partial charge in [0.15, 0.2) is 11.5 Å². The van der Waals surface area contributed by atoms with E-state index >= 15 is 0 Å². The van der Waals surface area contributed by atoms with E-state index in [1.807, 2.05) is 18.2 Å². The average Bonchev–Trinajstić information content (AvgIpc) is 2.59. The van der Waals surface area contributed by atoms with Crippen molar-refractivity contribution in [1.29, 1.82) is 5.26 Å². The summed E-state index contributed by atoms with van der Waals surface area (Å²) in [5.41, 5.74) is 14.4. The van der Waals surface area contributed by atoms with Crippen molar-refractivity contribution in [2.45, 2.75) is 5.92 Å². The van der Waals surface area contributed by atoms with Crippen LogP contribution in [0.1, 0.15) is 17.0 Å². The molecule has 6 heteroatoms. The molecular weight excluding hydrogens is 306 g/mol. The minimum atomic E-state index is -0.362. The standard InChI is InChI=1S/C18H17N3O3/c1-22-14-6-3-10(7-16(14)23-2)17-12-5-4-11(20)8-15(12)24-18(21)13(17)9-19/h3-8,17H,20-21H2,1-2H3/t17-/m0/s1. The molecule has 0 unspecified atom stereocenters. The molecule has 0 aromatic heterocycles. The van der Waals surface area contributed by atoms with E-state index in [1.54, 1.807) is 32.4 Å². The predicted molar refractivity (Wildman–Crippen MR) is 89.7 cm³/mol. The van der Waals surface area contributed by atoms with Gasteiger partial charge < -0.3 is 25.7 Å². The molecule has 0 amide bonds. The Kier molecular flexibility index (Phi) is 3.92. The van der Waals surface area contributed by atoms with Crippen molar-refractivity contribution in [3.8, 4) is 23.3 Å². The number of methoxy groups -OCH3 is 2. The van der Waals surface area contributed by atoms with Gasteiger partial charge in [0.05, 0.1) is 20.1 Å². The van der Waals surface area contributed by atoms with Crippen LogP contribution in [0, 0.1) is 11.3 Å². The molecule has 0 aliphatic carbocycles. The number of nitrogens with two attached hydrogens (primary N) is 2. The Hall–Kier alpha value is -3.33. The minimum absolute atomic E-state index is 0.0791. The molecule has 3 rings (SSSR count). The maximum atomic E-state index is 9.55. The molecule has 2 aromatic rings. The summed E-state index contributed by atoms with van der Waals surface area (Å²) in [5, 5.41) is 9.55. The lowest BCUT2D eigenvalue weighted by Gasteiger charge is -2.27. The van der Waals surface area contributed by atoms with E-state index in [-0.39, 0.29) is 11.8 Å². The van der Waals surface area contributed by atoms with Crippen LogP contribution in [0.15, 0.2) is 47.9 Å². The summed E-state index contributed by atoms with van der Waals surface area (Å²) in [7, 11) is 3.14. The summed E-state index contributed by atoms with van der Waals surface area (Å²) in [6.45, 7) is 0. The van der Waals surface area contributed by atoms with E-state index in [9.17, 15) is 5.26 Å². The molecule has 0 saturated heterocycles. The van der Waals surface area contributed by atoms with E-state index in [1.165, 1.54) is 0 Å². The van der Waals surface area contributed by atoms with Crippen LogP contribution < -0.4 is 25.7 Å². The largest absolute Gasteiger partial charge is 0.493 e. The SMILES string of the molecule is COc1ccc([C@@H]2C(C#N)=C(N)Oc3cc(N)ccc32)cc1OC. The number of nitrogen functional groups attached to an aromatic ring is 1. The van der Waals surface area contributed by atoms with Crippen LogP contribution in [-0.2, 0) is 0 Å². The van der Waals surface area contributed by atoms with Gasteiger partial charge >= 0.3 is 0 Å². The fraction of sp³-hybridized carbons (Fsp3) is 0.167. The predicted octanol–water partition coefficient (Wildman–Crippen LogP) is 2.50. The molecule has 2 aromatic carbocycles. The molecule has 122 valence electrons. The number of fused-ring (bicyclic) bond motifs is 1. The molecule has 1 aliphatic rings. The van der Waals surface area contributed by atoms with Crippen LogP contribution >= 0.6 is 0 Å². The number of rotatable bonds is 3. The lowest BCUT2D eigenvalue weighted by molar-refractivity contribution is 0.354. The molecule has 6 nitrogen and oxygen atoms in total. The third-order valence-electron chi connectivity index (χ3n) is 3.98. The monoisotopic (exact) mass is 323 g/mol. The quantitative estimate of drug-likeness (QED) is 0.841. The maximum Gasteiger partial charge on any atom is 0.205 e. The van der Waals surface area contributed by atoms with Crippen LogP contribution in [0.3, 0.4) is 0 Å². The third-order valence-corrected chi connectivity index (χ3v) is 3.98. The van der Waals surface area contributed by atoms with Crippen molar-refractivity contribution < 1.29 is 14.2 Å². The highest BCUT2D eigenvalue weighted by Gasteiger charge is 2.31. The Morgan fingerprint density at radius 1 is 1.04 bits per heavy atom. The first-order valence-corrected chi connectivity index (χ1v) is 7.28. The molecule has 0 fully saturated rings. The topological polar surface area (TPSA) is 104 Å². The van der Waals surface area contributed by atoms with Crippen molar-refractivity contribution in [2.24, 2.45) is 5.73 Å². The second-order valence-corrected chi connectivity index (χ2v) is 5.34. The zero-order valence-electron chi connectivity index (χ0n) is 13.4. The Morgan fingerprint density at radius 2 is 1.79 bits per heavy atom. The summed E-state index contributed by atoms with van der Waals surface area (Å²) < 4.78 is 16.2. The Bertz CT molecular complexity index is 868. The number of hydrogen-bond donors (Lipinski definition) is 2. The number of anilines is 1. The fourth-order valence-electron chi connectivity index (χ4n) is 2.85. The van der Waals surface area contributed by atoms with Gasteiger partial charge in [-0.15, -0.1) is 0 Å². The summed E-state index contributed by atoms with van der Waals surface area (Å²) in [6.07, 6.45) is 0. The zero-order chi connectivity index (χ0) is 17.3. The van der Waals surface area contributed by atoms with Gasteiger partial charge in [0.25, 0.3) is 0 Å². The maximum absolute atomic E-state index is 9.55. The highest BCUT2D eigenvalue weighted by molar-refractivity contribution is 5.60. The molecule has 0 radical (unpaired) electrons. The lowest BCUT2D eigenvalue weighted by atomic mass is 9.83. The van der Waals surface area contributed by atoms with E-state index in [0.29, 0.717) is 28.5 Å². The van der Waals surface area contributed by atoms with E-state index in [2.05, 4.69) is 6.07 Å². The highest BCUT2D eigenvalue weighted by Crippen LogP contribution is 2.44. The Labute approximate surface area is 139 Å². The first-order valence-electron chi connectivity index (χ1n) is 7.28. The number of nitriles is 1. The smallest absolute Gasteiger partial charge is 0.205 e. The first kappa shape index (κ1) is 15.6. The second-order valence-electron chi connectivity index (χ2n) is 5.34. The van der Waals surface area contributed by atoms with E-state index in [4.69, 9.17) is 25.7 Å². The summed E-state index contributed by atoms with van der Waals surface area (Å²) in [6, 6.07) is 13.0. The van der Waals surface area contributed by atoms with Gasteiger partial charge in [-0.2, -0.15) is 5.26 Å². The van der Waals surface area contributed by atoms with Gasteiger partial charge in [0.2, 0.25) is 5.88 Å². The molecule has 0 bridgehead atoms. The van der Waals surface area contributed by atoms with Gasteiger partial charge in [-0.25, -0.2) is 0 Å². The normalized spacial score (nSPS) is 16.0. The van der Waals surface area contributed by atoms with Gasteiger partial charge in [-0.05, 0) is 23.8 Å². The molecule has 4 N–H and O–H groups in total. The van der Waals surface area contributed by atoms with E-state index < -0.39 is 0 Å². The fourth-order valence-corrected chi connectivity index (χ4v) is 2.85. The number of ether oxygens (including phenoxy) is 3. The minimum Gasteiger partial charge on any atom is -0.493 e. The lowest BCUT2D eigenvalue weighted by Crippen LogP contribution is -2.21. The molecular formula is C18H17N3O3. The molecule has 1 atom stereocenters. The molecule has 24 heavy (non-hydrogen) atoms. The summed E-state index contributed by atoms with van der Waals surface area (Å²) in [4.78, 5) is 0. The average molecular weight is 323 g/mol. The number of nitrogens with zero attached hydrogens (tertiary/aromatic N) is 1. The molecule has 0 saturated carbocycles. The Balaban J connectivity index is 2.20. The van der Waals surface area contributed by atoms with Gasteiger partial charge in [-0.3, -0.25) is 0 Å². The summed E-state index contributed by atoms with van der Waals surface area (Å²) in [5.74, 6) is 1.46. The third kappa shape index (κ3) is 2.46. The molecule has 1 heterocycles. The van der Waals surface area contributed by atoms with Crippen molar-refractivity contribution >= 4 is 5.69 Å². The summed E-state index contributed by atoms with van der Waals surface area (Å²) >= 11 is 0. The van der Waals surface area contributed by atoms with Crippen LogP contribution in [-0.4, -0.2) is 14.2 Å². The van der Waals surface area contributed by atoms with Crippen molar-refractivity contribution in [3.63, 3.8) is 0 Å². The molecule has 0 spiro atoms. The van der Waals surface area contributed by atoms with Gasteiger partial charge in [0.1, 0.15) is 17.4 Å². The van der Waals surface area contributed by atoms with Crippen LogP contribution in [0.4, 0.5) is 5.69 Å².